The minimum atomic E-state index is -4.60. The van der Waals surface area contributed by atoms with E-state index in [0.29, 0.717) is 12.8 Å². The van der Waals surface area contributed by atoms with Crippen LogP contribution in [0.15, 0.2) is 12.2 Å². The molecule has 1 aliphatic rings. The van der Waals surface area contributed by atoms with E-state index in [1.807, 2.05) is 0 Å². The van der Waals surface area contributed by atoms with Crippen molar-refractivity contribution >= 4 is 22.1 Å². The molecule has 1 aliphatic heterocycles. The number of aliphatic hydroxyl groups excluding tert-OH is 3. The number of hydrogen-bond donors (Lipinski definition) is 4. The summed E-state index contributed by atoms with van der Waals surface area (Å²) in [5, 5.41) is 30.9. The van der Waals surface area contributed by atoms with E-state index in [-0.39, 0.29) is 19.4 Å². The number of allylic oxidation sites excluding steroid dienone is 2. The summed E-state index contributed by atoms with van der Waals surface area (Å²) in [4.78, 5) is 25.4. The lowest BCUT2D eigenvalue weighted by Gasteiger charge is -2.40. The Morgan fingerprint density at radius 3 is 1.47 bits per heavy atom. The Labute approximate surface area is 346 Å². The van der Waals surface area contributed by atoms with Gasteiger partial charge in [0.2, 0.25) is 0 Å². The SMILES string of the molecule is CCCCCCCCCC/C=C/CCCCCC(=O)OC[C@H](CO[C@H]1O[C@H](CS(=O)(=O)O)[C@@H](O)C(O)C1O)OC(=O)CCCCCCCCCCCCCCCC. The van der Waals surface area contributed by atoms with E-state index in [1.165, 1.54) is 116 Å². The van der Waals surface area contributed by atoms with Crippen molar-refractivity contribution in [2.75, 3.05) is 19.0 Å². The van der Waals surface area contributed by atoms with Crippen molar-refractivity contribution in [2.24, 2.45) is 0 Å². The highest BCUT2D eigenvalue weighted by Gasteiger charge is 2.46. The highest BCUT2D eigenvalue weighted by Crippen LogP contribution is 2.24. The molecule has 2 unspecified atom stereocenters. The van der Waals surface area contributed by atoms with Crippen LogP contribution in [0.1, 0.15) is 200 Å². The molecular formula is C44H82O12S. The van der Waals surface area contributed by atoms with Crippen molar-refractivity contribution in [3.05, 3.63) is 12.2 Å². The van der Waals surface area contributed by atoms with Gasteiger partial charge in [0.1, 0.15) is 36.8 Å². The van der Waals surface area contributed by atoms with Crippen LogP contribution in [-0.4, -0.2) is 96.0 Å². The van der Waals surface area contributed by atoms with E-state index in [1.54, 1.807) is 0 Å². The topological polar surface area (TPSA) is 186 Å². The summed E-state index contributed by atoms with van der Waals surface area (Å²) in [6, 6.07) is 0. The van der Waals surface area contributed by atoms with Gasteiger partial charge in [0, 0.05) is 12.8 Å². The Kier molecular flexibility index (Phi) is 33.0. The van der Waals surface area contributed by atoms with E-state index in [4.69, 9.17) is 18.9 Å². The predicted octanol–water partition coefficient (Wildman–Crippen LogP) is 9.06. The van der Waals surface area contributed by atoms with Gasteiger partial charge in [-0.25, -0.2) is 0 Å². The minimum absolute atomic E-state index is 0.167. The van der Waals surface area contributed by atoms with Crippen LogP contribution in [0.3, 0.4) is 0 Å². The first-order valence-corrected chi connectivity index (χ1v) is 24.4. The zero-order valence-corrected chi connectivity index (χ0v) is 36.5. The number of aliphatic hydroxyl groups is 3. The number of esters is 2. The van der Waals surface area contributed by atoms with Crippen LogP contribution < -0.4 is 0 Å². The smallest absolute Gasteiger partial charge is 0.306 e. The largest absolute Gasteiger partial charge is 0.462 e. The third-order valence-electron chi connectivity index (χ3n) is 10.6. The Morgan fingerprint density at radius 2 is 1.00 bits per heavy atom. The molecule has 0 amide bonds. The molecule has 1 fully saturated rings. The Hall–Kier alpha value is -1.61. The molecule has 1 saturated heterocycles. The lowest BCUT2D eigenvalue weighted by atomic mass is 10.00. The van der Waals surface area contributed by atoms with E-state index in [0.717, 1.165) is 44.9 Å². The number of rotatable bonds is 38. The van der Waals surface area contributed by atoms with Crippen LogP contribution in [0.4, 0.5) is 0 Å². The number of ether oxygens (including phenoxy) is 4. The zero-order chi connectivity index (χ0) is 42.0. The van der Waals surface area contributed by atoms with Gasteiger partial charge in [-0.15, -0.1) is 0 Å². The second kappa shape index (κ2) is 35.2. The normalized spacial score (nSPS) is 20.6. The molecular weight excluding hydrogens is 753 g/mol. The number of carbonyl (C=O) groups is 2. The van der Waals surface area contributed by atoms with Gasteiger partial charge in [0.15, 0.2) is 12.4 Å². The molecule has 0 aromatic carbocycles. The van der Waals surface area contributed by atoms with Gasteiger partial charge in [-0.3, -0.25) is 14.1 Å². The van der Waals surface area contributed by atoms with Gasteiger partial charge in [-0.1, -0.05) is 161 Å². The lowest BCUT2D eigenvalue weighted by Crippen LogP contribution is -2.60. The molecule has 0 bridgehead atoms. The van der Waals surface area contributed by atoms with Crippen LogP contribution in [0, 0.1) is 0 Å². The van der Waals surface area contributed by atoms with Crippen LogP contribution in [-0.2, 0) is 38.7 Å². The number of hydrogen-bond acceptors (Lipinski definition) is 11. The summed E-state index contributed by atoms with van der Waals surface area (Å²) in [6.07, 6.45) is 26.8. The fourth-order valence-corrected chi connectivity index (χ4v) is 7.72. The molecule has 0 aromatic rings. The molecule has 0 spiro atoms. The molecule has 336 valence electrons. The molecule has 0 radical (unpaired) electrons. The molecule has 0 aliphatic carbocycles. The summed E-state index contributed by atoms with van der Waals surface area (Å²) in [6.45, 7) is 3.75. The third kappa shape index (κ3) is 30.1. The lowest BCUT2D eigenvalue weighted by molar-refractivity contribution is -0.297. The Balaban J connectivity index is 2.45. The Bertz CT molecular complexity index is 1120. The van der Waals surface area contributed by atoms with Crippen LogP contribution in [0.25, 0.3) is 0 Å². The first kappa shape index (κ1) is 53.4. The van der Waals surface area contributed by atoms with Crippen molar-refractivity contribution in [1.82, 2.24) is 0 Å². The standard InChI is InChI=1S/C44H82O12S/c1-3-5-7-9-11-13-15-17-19-21-22-24-26-28-30-32-39(45)53-34-37(35-54-44-43(49)42(48)41(47)38(56-44)36-57(50,51)52)55-40(46)33-31-29-27-25-23-20-18-16-14-12-10-8-6-4-2/h21-22,37-38,41-44,47-49H,3-20,23-36H2,1-2H3,(H,50,51,52)/b22-21+/t37-,38-,41-,42?,43?,44+/m1/s1. The summed E-state index contributed by atoms with van der Waals surface area (Å²) in [5.41, 5.74) is 0. The van der Waals surface area contributed by atoms with Crippen molar-refractivity contribution < 1.29 is 56.8 Å². The van der Waals surface area contributed by atoms with E-state index >= 15 is 0 Å². The molecule has 12 nitrogen and oxygen atoms in total. The van der Waals surface area contributed by atoms with Gasteiger partial charge < -0.3 is 34.3 Å². The average Bonchev–Trinajstić information content (AvgIpc) is 3.17. The zero-order valence-electron chi connectivity index (χ0n) is 35.7. The highest BCUT2D eigenvalue weighted by atomic mass is 32.2. The van der Waals surface area contributed by atoms with E-state index in [2.05, 4.69) is 26.0 Å². The van der Waals surface area contributed by atoms with Gasteiger partial charge in [-0.2, -0.15) is 8.42 Å². The Morgan fingerprint density at radius 1 is 0.579 bits per heavy atom. The molecule has 1 heterocycles. The maximum absolute atomic E-state index is 12.8. The molecule has 0 aromatic heterocycles. The second-order valence-corrected chi connectivity index (χ2v) is 17.6. The van der Waals surface area contributed by atoms with Gasteiger partial charge >= 0.3 is 11.9 Å². The first-order valence-electron chi connectivity index (χ1n) is 22.7. The molecule has 4 N–H and O–H groups in total. The fourth-order valence-electron chi connectivity index (χ4n) is 7.02. The fraction of sp³-hybridized carbons (Fsp3) is 0.909. The predicted molar refractivity (Wildman–Crippen MR) is 224 cm³/mol. The summed E-state index contributed by atoms with van der Waals surface area (Å²) >= 11 is 0. The van der Waals surface area contributed by atoms with Crippen LogP contribution in [0.2, 0.25) is 0 Å². The molecule has 1 rings (SSSR count). The molecule has 57 heavy (non-hydrogen) atoms. The summed E-state index contributed by atoms with van der Waals surface area (Å²) < 4.78 is 54.0. The maximum atomic E-state index is 12.8. The molecule has 6 atom stereocenters. The average molecular weight is 835 g/mol. The highest BCUT2D eigenvalue weighted by molar-refractivity contribution is 7.85. The van der Waals surface area contributed by atoms with Crippen molar-refractivity contribution in [2.45, 2.75) is 237 Å². The quantitative estimate of drug-likeness (QED) is 0.0200. The van der Waals surface area contributed by atoms with Gasteiger partial charge in [-0.05, 0) is 38.5 Å². The maximum Gasteiger partial charge on any atom is 0.306 e. The molecule has 0 saturated carbocycles. The monoisotopic (exact) mass is 835 g/mol. The number of unbranched alkanes of at least 4 members (excludes halogenated alkanes) is 24. The van der Waals surface area contributed by atoms with Crippen molar-refractivity contribution in [1.29, 1.82) is 0 Å². The second-order valence-electron chi connectivity index (χ2n) is 16.1. The van der Waals surface area contributed by atoms with Crippen molar-refractivity contribution in [3.63, 3.8) is 0 Å². The van der Waals surface area contributed by atoms with Crippen molar-refractivity contribution in [3.8, 4) is 0 Å². The summed E-state index contributed by atoms with van der Waals surface area (Å²) in [7, 11) is -4.60. The van der Waals surface area contributed by atoms with Crippen LogP contribution in [0.5, 0.6) is 0 Å². The first-order chi connectivity index (χ1) is 27.5. The van der Waals surface area contributed by atoms with Gasteiger partial charge in [0.05, 0.1) is 6.61 Å². The summed E-state index contributed by atoms with van der Waals surface area (Å²) in [5.74, 6) is -1.99. The van der Waals surface area contributed by atoms with Gasteiger partial charge in [0.25, 0.3) is 10.1 Å². The van der Waals surface area contributed by atoms with E-state index < -0.39 is 71.2 Å². The number of carbonyl (C=O) groups excluding carboxylic acids is 2. The third-order valence-corrected chi connectivity index (χ3v) is 11.3. The van der Waals surface area contributed by atoms with Crippen LogP contribution >= 0.6 is 0 Å². The molecule has 13 heteroatoms. The van der Waals surface area contributed by atoms with E-state index in [9.17, 15) is 37.9 Å². The minimum Gasteiger partial charge on any atom is -0.462 e.